The fourth-order valence-electron chi connectivity index (χ4n) is 2.30. The molecular weight excluding hydrogens is 385 g/mol. The number of amides is 1. The monoisotopic (exact) mass is 399 g/mol. The molecule has 0 saturated carbocycles. The average Bonchev–Trinajstić information content (AvgIpc) is 3.15. The molecule has 3 rings (SSSR count). The van der Waals surface area contributed by atoms with E-state index in [4.69, 9.17) is 4.74 Å². The Morgan fingerprint density at radius 2 is 1.83 bits per heavy atom. The normalized spacial score (nSPS) is 10.4. The Hall–Kier alpha value is -4.15. The highest BCUT2D eigenvalue weighted by atomic mass is 19.1. The first-order valence-electron chi connectivity index (χ1n) is 8.27. The largest absolute Gasteiger partial charge is 0.455 e. The van der Waals surface area contributed by atoms with Gasteiger partial charge in [-0.3, -0.25) is 14.9 Å². The number of benzene rings is 2. The van der Waals surface area contributed by atoms with Crippen LogP contribution in [0.4, 0.5) is 15.8 Å². The number of esters is 1. The molecule has 1 amide bonds. The standard InChI is InChI=1S/C18H14FN5O5/c19-13-3-5-14(6-4-13)20-17(25)10-23-9-15(21-22-23)11-29-18(26)12-1-7-16(8-2-12)24(27)28/h1-9H,10-11H2,(H,20,25). The van der Waals surface area contributed by atoms with Crippen LogP contribution in [0.2, 0.25) is 0 Å². The summed E-state index contributed by atoms with van der Waals surface area (Å²) in [7, 11) is 0. The van der Waals surface area contributed by atoms with E-state index in [0.717, 1.165) is 0 Å². The van der Waals surface area contributed by atoms with Crippen LogP contribution in [-0.2, 0) is 22.7 Å². The fraction of sp³-hybridized carbons (Fsp3) is 0.111. The van der Waals surface area contributed by atoms with Gasteiger partial charge in [0.1, 0.15) is 24.7 Å². The second kappa shape index (κ2) is 8.69. The second-order valence-electron chi connectivity index (χ2n) is 5.84. The number of nitro groups is 1. The second-order valence-corrected chi connectivity index (χ2v) is 5.84. The van der Waals surface area contributed by atoms with Gasteiger partial charge >= 0.3 is 5.97 Å². The van der Waals surface area contributed by atoms with Gasteiger partial charge in [-0.25, -0.2) is 13.9 Å². The van der Waals surface area contributed by atoms with E-state index in [1.807, 2.05) is 0 Å². The van der Waals surface area contributed by atoms with Gasteiger partial charge in [0.05, 0.1) is 16.7 Å². The van der Waals surface area contributed by atoms with E-state index >= 15 is 0 Å². The molecule has 1 aromatic heterocycles. The molecule has 0 atom stereocenters. The molecule has 148 valence electrons. The number of nitrogens with zero attached hydrogens (tertiary/aromatic N) is 4. The zero-order valence-corrected chi connectivity index (χ0v) is 14.8. The lowest BCUT2D eigenvalue weighted by molar-refractivity contribution is -0.384. The van der Waals surface area contributed by atoms with Crippen LogP contribution in [0.5, 0.6) is 0 Å². The summed E-state index contributed by atoms with van der Waals surface area (Å²) in [6, 6.07) is 10.3. The smallest absolute Gasteiger partial charge is 0.338 e. The number of carbonyl (C=O) groups excluding carboxylic acids is 2. The minimum absolute atomic E-state index is 0.136. The molecule has 0 radical (unpaired) electrons. The highest BCUT2D eigenvalue weighted by Gasteiger charge is 2.12. The summed E-state index contributed by atoms with van der Waals surface area (Å²) in [6.45, 7) is -0.323. The number of carbonyl (C=O) groups is 2. The van der Waals surface area contributed by atoms with Gasteiger partial charge in [0, 0.05) is 17.8 Å². The van der Waals surface area contributed by atoms with Crippen LogP contribution in [0, 0.1) is 15.9 Å². The lowest BCUT2D eigenvalue weighted by atomic mass is 10.2. The maximum absolute atomic E-state index is 12.9. The molecule has 0 fully saturated rings. The van der Waals surface area contributed by atoms with E-state index in [1.54, 1.807) is 0 Å². The summed E-state index contributed by atoms with van der Waals surface area (Å²) in [6.07, 6.45) is 1.44. The van der Waals surface area contributed by atoms with Gasteiger partial charge in [-0.15, -0.1) is 5.10 Å². The number of nitrogens with one attached hydrogen (secondary N) is 1. The Labute approximate surface area is 163 Å². The van der Waals surface area contributed by atoms with Gasteiger partial charge in [-0.05, 0) is 36.4 Å². The van der Waals surface area contributed by atoms with Crippen molar-refractivity contribution in [2.45, 2.75) is 13.2 Å². The van der Waals surface area contributed by atoms with E-state index in [1.165, 1.54) is 59.4 Å². The van der Waals surface area contributed by atoms with Crippen molar-refractivity contribution in [3.05, 3.63) is 81.9 Å². The third-order valence-electron chi connectivity index (χ3n) is 3.68. The van der Waals surface area contributed by atoms with Crippen LogP contribution in [-0.4, -0.2) is 31.8 Å². The van der Waals surface area contributed by atoms with Crippen molar-refractivity contribution in [3.63, 3.8) is 0 Å². The summed E-state index contributed by atoms with van der Waals surface area (Å²) < 4.78 is 19.2. The summed E-state index contributed by atoms with van der Waals surface area (Å²) in [5.41, 5.74) is 0.772. The summed E-state index contributed by atoms with van der Waals surface area (Å²) in [5.74, 6) is -1.48. The molecule has 0 spiro atoms. The number of hydrogen-bond donors (Lipinski definition) is 1. The molecule has 0 aliphatic heterocycles. The number of nitro benzene ring substituents is 1. The highest BCUT2D eigenvalue weighted by molar-refractivity contribution is 5.90. The van der Waals surface area contributed by atoms with E-state index in [9.17, 15) is 24.1 Å². The van der Waals surface area contributed by atoms with E-state index in [2.05, 4.69) is 15.6 Å². The third-order valence-corrected chi connectivity index (χ3v) is 3.68. The van der Waals surface area contributed by atoms with E-state index in [0.29, 0.717) is 11.4 Å². The number of halogens is 1. The Morgan fingerprint density at radius 1 is 1.14 bits per heavy atom. The number of aromatic nitrogens is 3. The van der Waals surface area contributed by atoms with Crippen molar-refractivity contribution in [2.75, 3.05) is 5.32 Å². The summed E-state index contributed by atoms with van der Waals surface area (Å²) in [4.78, 5) is 34.0. The maximum Gasteiger partial charge on any atom is 0.338 e. The molecule has 0 unspecified atom stereocenters. The van der Waals surface area contributed by atoms with Gasteiger partial charge in [-0.2, -0.15) is 0 Å². The first-order valence-corrected chi connectivity index (χ1v) is 8.27. The molecule has 11 heteroatoms. The Kier molecular flexibility index (Phi) is 5.88. The van der Waals surface area contributed by atoms with Crippen LogP contribution in [0.25, 0.3) is 0 Å². The Bertz CT molecular complexity index is 1030. The van der Waals surface area contributed by atoms with Crippen molar-refractivity contribution in [2.24, 2.45) is 0 Å². The number of non-ortho nitro benzene ring substituents is 1. The molecule has 0 aliphatic rings. The van der Waals surface area contributed by atoms with Gasteiger partial charge in [-0.1, -0.05) is 5.21 Å². The summed E-state index contributed by atoms with van der Waals surface area (Å²) in [5, 5.41) is 20.8. The van der Waals surface area contributed by atoms with Gasteiger partial charge in [0.15, 0.2) is 0 Å². The van der Waals surface area contributed by atoms with Crippen molar-refractivity contribution in [1.29, 1.82) is 0 Å². The molecule has 1 N–H and O–H groups in total. The van der Waals surface area contributed by atoms with Crippen LogP contribution in [0.3, 0.4) is 0 Å². The quantitative estimate of drug-likeness (QED) is 0.367. The van der Waals surface area contributed by atoms with E-state index < -0.39 is 22.6 Å². The third kappa shape index (κ3) is 5.42. The van der Waals surface area contributed by atoms with Crippen molar-refractivity contribution in [3.8, 4) is 0 Å². The zero-order chi connectivity index (χ0) is 20.8. The molecule has 0 aliphatic carbocycles. The molecule has 0 bridgehead atoms. The molecule has 29 heavy (non-hydrogen) atoms. The Balaban J connectivity index is 1.50. The Morgan fingerprint density at radius 3 is 2.48 bits per heavy atom. The average molecular weight is 399 g/mol. The first-order chi connectivity index (χ1) is 13.9. The van der Waals surface area contributed by atoms with Crippen molar-refractivity contribution < 1.29 is 23.6 Å². The first kappa shape index (κ1) is 19.6. The molecule has 1 heterocycles. The van der Waals surface area contributed by atoms with Gasteiger partial charge in [0.2, 0.25) is 5.91 Å². The summed E-state index contributed by atoms with van der Waals surface area (Å²) >= 11 is 0. The lowest BCUT2D eigenvalue weighted by Crippen LogP contribution is -2.19. The number of rotatable bonds is 7. The number of hydrogen-bond acceptors (Lipinski definition) is 7. The molecular formula is C18H14FN5O5. The minimum atomic E-state index is -0.677. The maximum atomic E-state index is 12.9. The fourth-order valence-corrected chi connectivity index (χ4v) is 2.30. The van der Waals surface area contributed by atoms with Crippen molar-refractivity contribution in [1.82, 2.24) is 15.0 Å². The van der Waals surface area contributed by atoms with Crippen LogP contribution in [0.1, 0.15) is 16.1 Å². The number of anilines is 1. The minimum Gasteiger partial charge on any atom is -0.455 e. The predicted molar refractivity (Wildman–Crippen MR) is 97.3 cm³/mol. The highest BCUT2D eigenvalue weighted by Crippen LogP contribution is 2.13. The van der Waals surface area contributed by atoms with Gasteiger partial charge < -0.3 is 10.1 Å². The molecule has 0 saturated heterocycles. The molecule has 3 aromatic rings. The lowest BCUT2D eigenvalue weighted by Gasteiger charge is -2.04. The topological polar surface area (TPSA) is 129 Å². The molecule has 2 aromatic carbocycles. The zero-order valence-electron chi connectivity index (χ0n) is 14.8. The predicted octanol–water partition coefficient (Wildman–Crippen LogP) is 2.32. The van der Waals surface area contributed by atoms with Crippen LogP contribution >= 0.6 is 0 Å². The van der Waals surface area contributed by atoms with Crippen LogP contribution < -0.4 is 5.32 Å². The SMILES string of the molecule is O=C(Cn1cc(COC(=O)c2ccc([N+](=O)[O-])cc2)nn1)Nc1ccc(F)cc1. The van der Waals surface area contributed by atoms with E-state index in [-0.39, 0.29) is 24.4 Å². The van der Waals surface area contributed by atoms with Crippen molar-refractivity contribution >= 4 is 23.3 Å². The molecule has 10 nitrogen and oxygen atoms in total. The van der Waals surface area contributed by atoms with Crippen LogP contribution in [0.15, 0.2) is 54.7 Å². The van der Waals surface area contributed by atoms with Gasteiger partial charge in [0.25, 0.3) is 5.69 Å². The number of ether oxygens (including phenoxy) is 1.